The SMILES string of the molecule is CC1(C)NC(=O)NC2=C1CCCC2. The molecule has 2 aliphatic rings. The van der Waals surface area contributed by atoms with Crippen molar-refractivity contribution in [1.82, 2.24) is 10.6 Å². The van der Waals surface area contributed by atoms with Gasteiger partial charge in [-0.3, -0.25) is 0 Å². The van der Waals surface area contributed by atoms with Crippen molar-refractivity contribution in [2.45, 2.75) is 45.1 Å². The topological polar surface area (TPSA) is 41.1 Å². The Balaban J connectivity index is 2.36. The Morgan fingerprint density at radius 1 is 1.23 bits per heavy atom. The molecule has 3 nitrogen and oxygen atoms in total. The van der Waals surface area contributed by atoms with E-state index in [2.05, 4.69) is 24.5 Å². The maximum Gasteiger partial charge on any atom is 0.319 e. The number of hydrogen-bond donors (Lipinski definition) is 2. The number of nitrogens with one attached hydrogen (secondary N) is 2. The van der Waals surface area contributed by atoms with Gasteiger partial charge in [-0.2, -0.15) is 0 Å². The number of amides is 2. The standard InChI is InChI=1S/C10H16N2O/c1-10(2)7-5-3-4-6-8(7)11-9(13)12-10/h3-6H2,1-2H3,(H2,11,12,13). The van der Waals surface area contributed by atoms with Crippen LogP contribution in [0.25, 0.3) is 0 Å². The van der Waals surface area contributed by atoms with Crippen LogP contribution in [-0.4, -0.2) is 11.6 Å². The molecule has 0 saturated heterocycles. The zero-order valence-corrected chi connectivity index (χ0v) is 8.24. The molecular formula is C10H16N2O. The Kier molecular flexibility index (Phi) is 1.82. The van der Waals surface area contributed by atoms with Crippen molar-refractivity contribution in [3.05, 3.63) is 11.3 Å². The summed E-state index contributed by atoms with van der Waals surface area (Å²) in [5, 5.41) is 5.85. The van der Waals surface area contributed by atoms with Crippen LogP contribution in [0.1, 0.15) is 39.5 Å². The van der Waals surface area contributed by atoms with Gasteiger partial charge in [0.25, 0.3) is 0 Å². The Morgan fingerprint density at radius 3 is 2.69 bits per heavy atom. The maximum atomic E-state index is 11.3. The molecule has 2 amide bonds. The van der Waals surface area contributed by atoms with Crippen molar-refractivity contribution in [1.29, 1.82) is 0 Å². The Bertz CT molecular complexity index is 279. The smallest absolute Gasteiger partial charge is 0.319 e. The molecule has 1 aliphatic carbocycles. The summed E-state index contributed by atoms with van der Waals surface area (Å²) in [5.74, 6) is 0. The van der Waals surface area contributed by atoms with E-state index in [0.717, 1.165) is 12.8 Å². The molecule has 0 bridgehead atoms. The lowest BCUT2D eigenvalue weighted by Gasteiger charge is -2.38. The van der Waals surface area contributed by atoms with Crippen LogP contribution in [-0.2, 0) is 0 Å². The summed E-state index contributed by atoms with van der Waals surface area (Å²) in [6.45, 7) is 4.15. The second kappa shape index (κ2) is 2.76. The van der Waals surface area contributed by atoms with Crippen LogP contribution >= 0.6 is 0 Å². The second-order valence-electron chi connectivity index (χ2n) is 4.37. The lowest BCUT2D eigenvalue weighted by molar-refractivity contribution is 0.229. The van der Waals surface area contributed by atoms with E-state index in [1.165, 1.54) is 24.1 Å². The summed E-state index contributed by atoms with van der Waals surface area (Å²) < 4.78 is 0. The Hall–Kier alpha value is -0.990. The Morgan fingerprint density at radius 2 is 1.92 bits per heavy atom. The molecule has 0 radical (unpaired) electrons. The average Bonchev–Trinajstić information content (AvgIpc) is 2.02. The van der Waals surface area contributed by atoms with Gasteiger partial charge >= 0.3 is 6.03 Å². The minimum Gasteiger partial charge on any atom is -0.329 e. The van der Waals surface area contributed by atoms with Crippen LogP contribution in [0.2, 0.25) is 0 Å². The molecule has 2 rings (SSSR count). The lowest BCUT2D eigenvalue weighted by atomic mass is 9.82. The fraction of sp³-hybridized carbons (Fsp3) is 0.700. The van der Waals surface area contributed by atoms with E-state index in [4.69, 9.17) is 0 Å². The highest BCUT2D eigenvalue weighted by molar-refractivity contribution is 5.79. The zero-order chi connectivity index (χ0) is 9.47. The lowest BCUT2D eigenvalue weighted by Crippen LogP contribution is -2.55. The van der Waals surface area contributed by atoms with E-state index in [9.17, 15) is 4.79 Å². The minimum atomic E-state index is -0.141. The first kappa shape index (κ1) is 8.60. The predicted molar refractivity (Wildman–Crippen MR) is 51.2 cm³/mol. The maximum absolute atomic E-state index is 11.3. The van der Waals surface area contributed by atoms with E-state index in [-0.39, 0.29) is 11.6 Å². The largest absolute Gasteiger partial charge is 0.329 e. The van der Waals surface area contributed by atoms with Crippen molar-refractivity contribution in [3.8, 4) is 0 Å². The van der Waals surface area contributed by atoms with Crippen LogP contribution in [0.4, 0.5) is 4.79 Å². The van der Waals surface area contributed by atoms with Gasteiger partial charge in [0.15, 0.2) is 0 Å². The molecule has 72 valence electrons. The van der Waals surface area contributed by atoms with Crippen molar-refractivity contribution in [2.75, 3.05) is 0 Å². The quantitative estimate of drug-likeness (QED) is 0.587. The molecular weight excluding hydrogens is 164 g/mol. The summed E-state index contributed by atoms with van der Waals surface area (Å²) in [6, 6.07) is -0.0503. The zero-order valence-electron chi connectivity index (χ0n) is 8.24. The first-order valence-electron chi connectivity index (χ1n) is 4.91. The van der Waals surface area contributed by atoms with E-state index in [0.29, 0.717) is 0 Å². The number of rotatable bonds is 0. The fourth-order valence-electron chi connectivity index (χ4n) is 2.26. The number of carbonyl (C=O) groups excluding carboxylic acids is 1. The van der Waals surface area contributed by atoms with E-state index in [1.54, 1.807) is 0 Å². The molecule has 0 fully saturated rings. The van der Waals surface area contributed by atoms with Crippen molar-refractivity contribution in [3.63, 3.8) is 0 Å². The van der Waals surface area contributed by atoms with Crippen molar-refractivity contribution in [2.24, 2.45) is 0 Å². The van der Waals surface area contributed by atoms with Gasteiger partial charge in [-0.1, -0.05) is 0 Å². The highest BCUT2D eigenvalue weighted by atomic mass is 16.2. The number of allylic oxidation sites excluding steroid dienone is 1. The van der Waals surface area contributed by atoms with Crippen molar-refractivity contribution >= 4 is 6.03 Å². The number of carbonyl (C=O) groups is 1. The molecule has 2 N–H and O–H groups in total. The highest BCUT2D eigenvalue weighted by Crippen LogP contribution is 2.32. The molecule has 0 aromatic carbocycles. The molecule has 0 aromatic rings. The fourth-order valence-corrected chi connectivity index (χ4v) is 2.26. The van der Waals surface area contributed by atoms with Gasteiger partial charge in [-0.25, -0.2) is 4.79 Å². The van der Waals surface area contributed by atoms with Crippen LogP contribution in [0, 0.1) is 0 Å². The number of urea groups is 1. The summed E-state index contributed by atoms with van der Waals surface area (Å²) in [6.07, 6.45) is 4.61. The normalized spacial score (nSPS) is 26.2. The van der Waals surface area contributed by atoms with Crippen LogP contribution in [0.15, 0.2) is 11.3 Å². The first-order chi connectivity index (χ1) is 6.09. The number of hydrogen-bond acceptors (Lipinski definition) is 1. The van der Waals surface area contributed by atoms with Crippen LogP contribution in [0.3, 0.4) is 0 Å². The monoisotopic (exact) mass is 180 g/mol. The summed E-state index contributed by atoms with van der Waals surface area (Å²) in [4.78, 5) is 11.3. The predicted octanol–water partition coefficient (Wildman–Crippen LogP) is 1.91. The van der Waals surface area contributed by atoms with Gasteiger partial charge in [-0.05, 0) is 45.1 Å². The second-order valence-corrected chi connectivity index (χ2v) is 4.37. The summed E-state index contributed by atoms with van der Waals surface area (Å²) in [7, 11) is 0. The molecule has 13 heavy (non-hydrogen) atoms. The Labute approximate surface area is 78.6 Å². The average molecular weight is 180 g/mol. The molecule has 0 aromatic heterocycles. The highest BCUT2D eigenvalue weighted by Gasteiger charge is 2.33. The van der Waals surface area contributed by atoms with E-state index in [1.807, 2.05) is 0 Å². The third-order valence-corrected chi connectivity index (χ3v) is 2.91. The van der Waals surface area contributed by atoms with Gasteiger partial charge in [0.2, 0.25) is 0 Å². The van der Waals surface area contributed by atoms with Crippen molar-refractivity contribution < 1.29 is 4.79 Å². The first-order valence-corrected chi connectivity index (χ1v) is 4.91. The van der Waals surface area contributed by atoms with E-state index < -0.39 is 0 Å². The molecule has 0 atom stereocenters. The molecule has 3 heteroatoms. The van der Waals surface area contributed by atoms with Gasteiger partial charge in [0, 0.05) is 5.70 Å². The summed E-state index contributed by atoms with van der Waals surface area (Å²) in [5.41, 5.74) is 2.41. The third-order valence-electron chi connectivity index (χ3n) is 2.91. The van der Waals surface area contributed by atoms with Crippen LogP contribution in [0.5, 0.6) is 0 Å². The van der Waals surface area contributed by atoms with Gasteiger partial charge in [0.1, 0.15) is 0 Å². The molecule has 0 saturated carbocycles. The van der Waals surface area contributed by atoms with Gasteiger partial charge < -0.3 is 10.6 Å². The minimum absolute atomic E-state index is 0.0503. The van der Waals surface area contributed by atoms with E-state index >= 15 is 0 Å². The summed E-state index contributed by atoms with van der Waals surface area (Å²) >= 11 is 0. The third kappa shape index (κ3) is 1.43. The molecule has 0 unspecified atom stereocenters. The molecule has 1 heterocycles. The molecule has 1 aliphatic heterocycles. The van der Waals surface area contributed by atoms with Crippen LogP contribution < -0.4 is 10.6 Å². The molecule has 0 spiro atoms. The van der Waals surface area contributed by atoms with Gasteiger partial charge in [0.05, 0.1) is 5.54 Å². The van der Waals surface area contributed by atoms with Gasteiger partial charge in [-0.15, -0.1) is 0 Å².